The summed E-state index contributed by atoms with van der Waals surface area (Å²) in [5.74, 6) is -1.68. The van der Waals surface area contributed by atoms with Crippen molar-refractivity contribution in [1.82, 2.24) is 14.7 Å². The normalized spacial score (nSPS) is 14.3. The first-order valence-corrected chi connectivity index (χ1v) is 10.2. The Morgan fingerprint density at radius 3 is 2.48 bits per heavy atom. The molecule has 8 nitrogen and oxygen atoms in total. The van der Waals surface area contributed by atoms with Crippen LogP contribution in [0.3, 0.4) is 0 Å². The molecular weight excluding hydrogens is 432 g/mol. The second kappa shape index (κ2) is 9.84. The summed E-state index contributed by atoms with van der Waals surface area (Å²) in [6.45, 7) is -2.68. The van der Waals surface area contributed by atoms with E-state index in [0.717, 1.165) is 14.7 Å². The third-order valence-corrected chi connectivity index (χ3v) is 5.51. The molecule has 0 radical (unpaired) electrons. The summed E-state index contributed by atoms with van der Waals surface area (Å²) < 4.78 is 34.4. The van der Waals surface area contributed by atoms with E-state index in [0.29, 0.717) is 12.0 Å². The van der Waals surface area contributed by atoms with Crippen LogP contribution < -0.4 is 9.47 Å². The monoisotopic (exact) mass is 453 g/mol. The highest BCUT2D eigenvalue weighted by atomic mass is 32.1. The van der Waals surface area contributed by atoms with Crippen molar-refractivity contribution in [3.8, 4) is 11.5 Å². The van der Waals surface area contributed by atoms with Crippen molar-refractivity contribution in [3.63, 3.8) is 0 Å². The lowest BCUT2D eigenvalue weighted by Gasteiger charge is -2.23. The number of carbonyl (C=O) groups is 3. The lowest BCUT2D eigenvalue weighted by atomic mass is 10.2. The Bertz CT molecular complexity index is 954. The first kappa shape index (κ1) is 22.6. The van der Waals surface area contributed by atoms with Crippen LogP contribution in [0.1, 0.15) is 10.4 Å². The Morgan fingerprint density at radius 2 is 1.84 bits per heavy atom. The molecule has 1 aromatic heterocycles. The van der Waals surface area contributed by atoms with Gasteiger partial charge in [-0.1, -0.05) is 12.1 Å². The molecule has 166 valence electrons. The highest BCUT2D eigenvalue weighted by Gasteiger charge is 2.44. The number of amides is 4. The molecule has 1 saturated heterocycles. The average molecular weight is 453 g/mol. The Balaban J connectivity index is 1.61. The van der Waals surface area contributed by atoms with Gasteiger partial charge in [0.15, 0.2) is 11.5 Å². The van der Waals surface area contributed by atoms with Gasteiger partial charge >= 0.3 is 24.5 Å². The number of alkyl halides is 2. The number of nitrogens with zero attached hydrogens (tertiary/aromatic N) is 3. The van der Waals surface area contributed by atoms with E-state index < -0.39 is 24.5 Å². The fourth-order valence-corrected chi connectivity index (χ4v) is 3.85. The van der Waals surface area contributed by atoms with E-state index in [9.17, 15) is 23.2 Å². The van der Waals surface area contributed by atoms with Gasteiger partial charge in [-0.2, -0.15) is 8.78 Å². The second-order valence-corrected chi connectivity index (χ2v) is 7.85. The predicted molar refractivity (Wildman–Crippen MR) is 108 cm³/mol. The minimum Gasteiger partial charge on any atom is -0.493 e. The SMILES string of the molecule is COc1cc(CN(C)CN2C(=O)C(=O)N(CCc3cccs3)C2=O)ccc1OC(F)F. The molecule has 1 aromatic carbocycles. The molecule has 4 amide bonds. The third-order valence-electron chi connectivity index (χ3n) is 4.58. The number of benzene rings is 1. The van der Waals surface area contributed by atoms with Crippen molar-refractivity contribution in [3.05, 3.63) is 46.2 Å². The molecular formula is C20H21F2N3O5S. The Labute approximate surface area is 181 Å². The summed E-state index contributed by atoms with van der Waals surface area (Å²) in [5, 5.41) is 1.90. The first-order valence-electron chi connectivity index (χ1n) is 9.30. The molecule has 0 spiro atoms. The molecule has 3 rings (SSSR count). The topological polar surface area (TPSA) is 79.4 Å². The molecule has 2 heterocycles. The number of hydrogen-bond acceptors (Lipinski definition) is 7. The Morgan fingerprint density at radius 1 is 1.10 bits per heavy atom. The van der Waals surface area contributed by atoms with Gasteiger partial charge in [-0.25, -0.2) is 9.69 Å². The van der Waals surface area contributed by atoms with Crippen molar-refractivity contribution in [2.45, 2.75) is 19.6 Å². The number of methoxy groups -OCH3 is 1. The number of halogens is 2. The molecule has 0 aliphatic carbocycles. The highest BCUT2D eigenvalue weighted by molar-refractivity contribution is 7.09. The number of hydrogen-bond donors (Lipinski definition) is 0. The van der Waals surface area contributed by atoms with Gasteiger partial charge in [0.05, 0.1) is 13.8 Å². The van der Waals surface area contributed by atoms with E-state index in [4.69, 9.17) is 4.74 Å². The van der Waals surface area contributed by atoms with Crippen molar-refractivity contribution in [1.29, 1.82) is 0 Å². The minimum absolute atomic E-state index is 0.0965. The van der Waals surface area contributed by atoms with Gasteiger partial charge in [0.2, 0.25) is 0 Å². The predicted octanol–water partition coefficient (Wildman–Crippen LogP) is 2.78. The van der Waals surface area contributed by atoms with E-state index >= 15 is 0 Å². The average Bonchev–Trinajstić information content (AvgIpc) is 3.31. The van der Waals surface area contributed by atoms with Crippen molar-refractivity contribution >= 4 is 29.2 Å². The van der Waals surface area contributed by atoms with Crippen LogP contribution >= 0.6 is 11.3 Å². The summed E-state index contributed by atoms with van der Waals surface area (Å²) in [7, 11) is 2.99. The van der Waals surface area contributed by atoms with Crippen LogP contribution in [0.2, 0.25) is 0 Å². The van der Waals surface area contributed by atoms with Crippen LogP contribution in [-0.2, 0) is 22.6 Å². The smallest absolute Gasteiger partial charge is 0.387 e. The van der Waals surface area contributed by atoms with E-state index in [-0.39, 0.29) is 31.3 Å². The quantitative estimate of drug-likeness (QED) is 0.407. The lowest BCUT2D eigenvalue weighted by Crippen LogP contribution is -2.40. The van der Waals surface area contributed by atoms with Gasteiger partial charge in [-0.3, -0.25) is 19.4 Å². The number of carbonyl (C=O) groups excluding carboxylic acids is 3. The molecule has 0 saturated carbocycles. The fourth-order valence-electron chi connectivity index (χ4n) is 3.16. The van der Waals surface area contributed by atoms with Crippen LogP contribution in [0.5, 0.6) is 11.5 Å². The molecule has 1 aliphatic rings. The number of urea groups is 1. The van der Waals surface area contributed by atoms with Crippen LogP contribution in [0.15, 0.2) is 35.7 Å². The third kappa shape index (κ3) is 5.36. The van der Waals surface area contributed by atoms with E-state index in [1.54, 1.807) is 18.0 Å². The van der Waals surface area contributed by atoms with E-state index in [1.165, 1.54) is 30.6 Å². The standard InChI is InChI=1S/C20H21F2N3O5S/c1-23(11-13-5-6-15(30-19(21)22)16(10-13)29-2)12-25-18(27)17(26)24(20(25)28)8-7-14-4-3-9-31-14/h3-6,9-10,19H,7-8,11-12H2,1-2H3. The molecule has 31 heavy (non-hydrogen) atoms. The molecule has 0 atom stereocenters. The van der Waals surface area contributed by atoms with Gasteiger partial charge < -0.3 is 9.47 Å². The highest BCUT2D eigenvalue weighted by Crippen LogP contribution is 2.30. The van der Waals surface area contributed by atoms with Gasteiger partial charge in [0.1, 0.15) is 0 Å². The van der Waals surface area contributed by atoms with Crippen molar-refractivity contribution < 1.29 is 32.6 Å². The molecule has 2 aromatic rings. The van der Waals surface area contributed by atoms with E-state index in [1.807, 2.05) is 17.5 Å². The fraction of sp³-hybridized carbons (Fsp3) is 0.350. The maximum atomic E-state index is 12.6. The van der Waals surface area contributed by atoms with Crippen molar-refractivity contribution in [2.75, 3.05) is 27.4 Å². The zero-order chi connectivity index (χ0) is 22.5. The largest absolute Gasteiger partial charge is 0.493 e. The van der Waals surface area contributed by atoms with Gasteiger partial charge in [-0.05, 0) is 36.2 Å². The number of ether oxygens (including phenoxy) is 2. The molecule has 11 heteroatoms. The Kier molecular flexibility index (Phi) is 7.18. The van der Waals surface area contributed by atoms with E-state index in [2.05, 4.69) is 4.74 Å². The van der Waals surface area contributed by atoms with Crippen LogP contribution in [0, 0.1) is 0 Å². The van der Waals surface area contributed by atoms with Crippen LogP contribution in [0.4, 0.5) is 13.6 Å². The second-order valence-electron chi connectivity index (χ2n) is 6.82. The minimum atomic E-state index is -2.98. The maximum absolute atomic E-state index is 12.6. The first-order chi connectivity index (χ1) is 14.8. The molecule has 0 N–H and O–H groups in total. The van der Waals surface area contributed by atoms with Gasteiger partial charge in [-0.15, -0.1) is 11.3 Å². The number of thiophene rings is 1. The summed E-state index contributed by atoms with van der Waals surface area (Å²) in [6, 6.07) is 7.58. The van der Waals surface area contributed by atoms with Crippen LogP contribution in [-0.4, -0.2) is 66.5 Å². The van der Waals surface area contributed by atoms with Crippen molar-refractivity contribution in [2.24, 2.45) is 0 Å². The summed E-state index contributed by atoms with van der Waals surface area (Å²) in [5.41, 5.74) is 0.681. The molecule has 1 fully saturated rings. The Hall–Kier alpha value is -3.05. The zero-order valence-corrected chi connectivity index (χ0v) is 17.7. The summed E-state index contributed by atoms with van der Waals surface area (Å²) >= 11 is 1.51. The maximum Gasteiger partial charge on any atom is 0.387 e. The number of rotatable bonds is 10. The number of imide groups is 2. The summed E-state index contributed by atoms with van der Waals surface area (Å²) in [4.78, 5) is 41.7. The molecule has 0 bridgehead atoms. The summed E-state index contributed by atoms with van der Waals surface area (Å²) in [6.07, 6.45) is 0.485. The lowest BCUT2D eigenvalue weighted by molar-refractivity contribution is -0.143. The molecule has 1 aliphatic heterocycles. The van der Waals surface area contributed by atoms with Gasteiger partial charge in [0.25, 0.3) is 0 Å². The van der Waals surface area contributed by atoms with Gasteiger partial charge in [0, 0.05) is 24.4 Å². The molecule has 0 unspecified atom stereocenters. The zero-order valence-electron chi connectivity index (χ0n) is 16.9. The van der Waals surface area contributed by atoms with Crippen LogP contribution in [0.25, 0.3) is 0 Å².